The van der Waals surface area contributed by atoms with Crippen LogP contribution in [0.15, 0.2) is 30.3 Å². The van der Waals surface area contributed by atoms with Gasteiger partial charge in [0, 0.05) is 17.5 Å². The number of piperidine rings is 1. The van der Waals surface area contributed by atoms with Crippen molar-refractivity contribution in [2.45, 2.75) is 53.0 Å². The second-order valence-electron chi connectivity index (χ2n) is 8.37. The van der Waals surface area contributed by atoms with Crippen LogP contribution in [0.3, 0.4) is 0 Å². The van der Waals surface area contributed by atoms with Gasteiger partial charge >= 0.3 is 5.97 Å². The summed E-state index contributed by atoms with van der Waals surface area (Å²) in [7, 11) is 0. The lowest BCUT2D eigenvalue weighted by Crippen LogP contribution is -2.44. The van der Waals surface area contributed by atoms with E-state index in [-0.39, 0.29) is 17.5 Å². The molecular formula is C22H27N3O3. The fourth-order valence-corrected chi connectivity index (χ4v) is 3.61. The number of carbonyl (C=O) groups excluding carboxylic acids is 1. The minimum Gasteiger partial charge on any atom is -0.478 e. The summed E-state index contributed by atoms with van der Waals surface area (Å²) in [4.78, 5) is 35.2. The molecular weight excluding hydrogens is 354 g/mol. The van der Waals surface area contributed by atoms with Crippen LogP contribution in [0.25, 0.3) is 11.3 Å². The predicted molar refractivity (Wildman–Crippen MR) is 107 cm³/mol. The van der Waals surface area contributed by atoms with E-state index in [1.807, 2.05) is 38.7 Å². The van der Waals surface area contributed by atoms with Crippen molar-refractivity contribution in [2.24, 2.45) is 5.41 Å². The Balaban J connectivity index is 1.97. The first kappa shape index (κ1) is 20.0. The number of nitrogens with zero attached hydrogens (tertiary/aromatic N) is 3. The molecule has 1 aromatic heterocycles. The summed E-state index contributed by atoms with van der Waals surface area (Å²) in [5.74, 6) is -0.172. The first-order chi connectivity index (χ1) is 13.2. The maximum Gasteiger partial charge on any atom is 0.335 e. The molecule has 0 bridgehead atoms. The highest BCUT2D eigenvalue weighted by molar-refractivity contribution is 5.88. The molecule has 28 heavy (non-hydrogen) atoms. The standard InChI is InChI=1S/C22H27N3O3/c1-14-23-17(15-8-10-16(11-9-15)20(26)27)13-18(24-14)19-7-5-6-12-25(19)21(28)22(2,3)4/h8-11,13,19H,5-7,12H2,1-4H3,(H,26,27). The van der Waals surface area contributed by atoms with Crippen LogP contribution in [0.2, 0.25) is 0 Å². The SMILES string of the molecule is Cc1nc(-c2ccc(C(=O)O)cc2)cc(C2CCCCN2C(=O)C(C)(C)C)n1. The Labute approximate surface area is 165 Å². The lowest BCUT2D eigenvalue weighted by molar-refractivity contribution is -0.143. The summed E-state index contributed by atoms with van der Waals surface area (Å²) in [5, 5.41) is 9.09. The van der Waals surface area contributed by atoms with Gasteiger partial charge in [-0.25, -0.2) is 14.8 Å². The average Bonchev–Trinajstić information content (AvgIpc) is 2.66. The topological polar surface area (TPSA) is 83.4 Å². The lowest BCUT2D eigenvalue weighted by Gasteiger charge is -2.39. The van der Waals surface area contributed by atoms with E-state index < -0.39 is 11.4 Å². The van der Waals surface area contributed by atoms with Crippen LogP contribution in [0.5, 0.6) is 0 Å². The molecule has 0 aliphatic carbocycles. The molecule has 1 aliphatic heterocycles. The van der Waals surface area contributed by atoms with Crippen molar-refractivity contribution in [1.82, 2.24) is 14.9 Å². The second kappa shape index (κ2) is 7.70. The van der Waals surface area contributed by atoms with Gasteiger partial charge in [-0.2, -0.15) is 0 Å². The van der Waals surface area contributed by atoms with Gasteiger partial charge in [0.2, 0.25) is 5.91 Å². The quantitative estimate of drug-likeness (QED) is 0.859. The van der Waals surface area contributed by atoms with E-state index in [9.17, 15) is 9.59 Å². The van der Waals surface area contributed by atoms with Crippen molar-refractivity contribution in [2.75, 3.05) is 6.54 Å². The van der Waals surface area contributed by atoms with Gasteiger partial charge in [-0.1, -0.05) is 32.9 Å². The number of likely N-dealkylation sites (tertiary alicyclic amines) is 1. The molecule has 0 radical (unpaired) electrons. The zero-order valence-corrected chi connectivity index (χ0v) is 16.9. The van der Waals surface area contributed by atoms with Gasteiger partial charge in [0.05, 0.1) is 23.0 Å². The third-order valence-corrected chi connectivity index (χ3v) is 5.03. The average molecular weight is 381 g/mol. The molecule has 6 heteroatoms. The van der Waals surface area contributed by atoms with Crippen molar-refractivity contribution >= 4 is 11.9 Å². The zero-order valence-electron chi connectivity index (χ0n) is 16.9. The molecule has 1 aliphatic rings. The Morgan fingerprint density at radius 3 is 2.39 bits per heavy atom. The van der Waals surface area contributed by atoms with E-state index in [4.69, 9.17) is 5.11 Å². The molecule has 148 valence electrons. The van der Waals surface area contributed by atoms with Gasteiger partial charge in [-0.3, -0.25) is 4.79 Å². The summed E-state index contributed by atoms with van der Waals surface area (Å²) in [6.07, 6.45) is 2.95. The highest BCUT2D eigenvalue weighted by Gasteiger charge is 2.35. The van der Waals surface area contributed by atoms with Crippen LogP contribution in [-0.4, -0.2) is 38.4 Å². The number of aromatic carboxylic acids is 1. The molecule has 1 aromatic carbocycles. The van der Waals surface area contributed by atoms with Crippen LogP contribution in [0.4, 0.5) is 0 Å². The molecule has 1 saturated heterocycles. The molecule has 1 atom stereocenters. The van der Waals surface area contributed by atoms with Crippen LogP contribution in [0, 0.1) is 12.3 Å². The number of carboxylic acid groups (broad SMARTS) is 1. The lowest BCUT2D eigenvalue weighted by atomic mass is 9.90. The maximum atomic E-state index is 13.0. The number of carbonyl (C=O) groups is 2. The van der Waals surface area contributed by atoms with Gasteiger partial charge < -0.3 is 10.0 Å². The Kier molecular flexibility index (Phi) is 5.49. The summed E-state index contributed by atoms with van der Waals surface area (Å²) in [5.41, 5.74) is 2.23. The summed E-state index contributed by atoms with van der Waals surface area (Å²) in [6, 6.07) is 8.54. The molecule has 2 aromatic rings. The molecule has 1 N–H and O–H groups in total. The van der Waals surface area contributed by atoms with E-state index in [1.54, 1.807) is 24.3 Å². The fraction of sp³-hybridized carbons (Fsp3) is 0.455. The molecule has 1 amide bonds. The smallest absolute Gasteiger partial charge is 0.335 e. The van der Waals surface area contributed by atoms with Crippen molar-refractivity contribution in [1.29, 1.82) is 0 Å². The number of carboxylic acids is 1. The second-order valence-corrected chi connectivity index (χ2v) is 8.37. The number of aromatic nitrogens is 2. The van der Waals surface area contributed by atoms with Crippen molar-refractivity contribution in [3.05, 3.63) is 47.4 Å². The molecule has 3 rings (SSSR count). The van der Waals surface area contributed by atoms with Crippen molar-refractivity contribution in [3.63, 3.8) is 0 Å². The Morgan fingerprint density at radius 2 is 1.79 bits per heavy atom. The predicted octanol–water partition coefficient (Wildman–Crippen LogP) is 4.25. The normalized spacial score (nSPS) is 17.4. The van der Waals surface area contributed by atoms with E-state index in [0.29, 0.717) is 5.82 Å². The summed E-state index contributed by atoms with van der Waals surface area (Å²) >= 11 is 0. The maximum absolute atomic E-state index is 13.0. The summed E-state index contributed by atoms with van der Waals surface area (Å²) in [6.45, 7) is 8.43. The molecule has 0 spiro atoms. The largest absolute Gasteiger partial charge is 0.478 e. The third kappa shape index (κ3) is 4.21. The summed E-state index contributed by atoms with van der Waals surface area (Å²) < 4.78 is 0. The number of hydrogen-bond acceptors (Lipinski definition) is 4. The molecule has 1 unspecified atom stereocenters. The van der Waals surface area contributed by atoms with E-state index >= 15 is 0 Å². The first-order valence-corrected chi connectivity index (χ1v) is 9.67. The van der Waals surface area contributed by atoms with Crippen LogP contribution >= 0.6 is 0 Å². The van der Waals surface area contributed by atoms with Gasteiger partial charge in [0.25, 0.3) is 0 Å². The van der Waals surface area contributed by atoms with Crippen molar-refractivity contribution < 1.29 is 14.7 Å². The first-order valence-electron chi connectivity index (χ1n) is 9.67. The molecule has 2 heterocycles. The zero-order chi connectivity index (χ0) is 20.5. The Hall–Kier alpha value is -2.76. The van der Waals surface area contributed by atoms with Crippen LogP contribution in [0.1, 0.15) is 68.0 Å². The van der Waals surface area contributed by atoms with Gasteiger partial charge in [0.15, 0.2) is 0 Å². The number of benzene rings is 1. The van der Waals surface area contributed by atoms with Gasteiger partial charge in [-0.05, 0) is 44.4 Å². The monoisotopic (exact) mass is 381 g/mol. The third-order valence-electron chi connectivity index (χ3n) is 5.03. The number of hydrogen-bond donors (Lipinski definition) is 1. The van der Waals surface area contributed by atoms with E-state index in [2.05, 4.69) is 9.97 Å². The fourth-order valence-electron chi connectivity index (χ4n) is 3.61. The molecule has 1 fully saturated rings. The van der Waals surface area contributed by atoms with Gasteiger partial charge in [0.1, 0.15) is 5.82 Å². The highest BCUT2D eigenvalue weighted by atomic mass is 16.4. The van der Waals surface area contributed by atoms with Crippen LogP contribution < -0.4 is 0 Å². The Morgan fingerprint density at radius 1 is 1.11 bits per heavy atom. The number of rotatable bonds is 3. The minimum absolute atomic E-state index is 0.0563. The molecule has 6 nitrogen and oxygen atoms in total. The molecule has 0 saturated carbocycles. The Bertz CT molecular complexity index is 885. The van der Waals surface area contributed by atoms with Crippen molar-refractivity contribution in [3.8, 4) is 11.3 Å². The number of amides is 1. The van der Waals surface area contributed by atoms with E-state index in [1.165, 1.54) is 0 Å². The van der Waals surface area contributed by atoms with Gasteiger partial charge in [-0.15, -0.1) is 0 Å². The van der Waals surface area contributed by atoms with E-state index in [0.717, 1.165) is 42.8 Å². The number of aryl methyl sites for hydroxylation is 1. The highest BCUT2D eigenvalue weighted by Crippen LogP contribution is 2.34. The van der Waals surface area contributed by atoms with Crippen LogP contribution in [-0.2, 0) is 4.79 Å². The minimum atomic E-state index is -0.954.